The number of nitrogens with one attached hydrogen (secondary N) is 2. The molecule has 1 aliphatic heterocycles. The van der Waals surface area contributed by atoms with E-state index < -0.39 is 0 Å². The predicted octanol–water partition coefficient (Wildman–Crippen LogP) is 1.99. The summed E-state index contributed by atoms with van der Waals surface area (Å²) < 4.78 is 5.14. The number of rotatable bonds is 6. The molecule has 0 spiro atoms. The van der Waals surface area contributed by atoms with Crippen LogP contribution in [0.1, 0.15) is 25.8 Å². The quantitative estimate of drug-likeness (QED) is 0.842. The van der Waals surface area contributed by atoms with Crippen LogP contribution in [-0.4, -0.2) is 32.7 Å². The molecule has 1 aromatic carbocycles. The molecule has 1 aromatic rings. The summed E-state index contributed by atoms with van der Waals surface area (Å²) in [5, 5.41) is 6.44. The van der Waals surface area contributed by atoms with Gasteiger partial charge in [0.2, 0.25) is 5.91 Å². The molecule has 4 nitrogen and oxygen atoms in total. The van der Waals surface area contributed by atoms with Crippen molar-refractivity contribution in [2.75, 3.05) is 26.7 Å². The highest BCUT2D eigenvalue weighted by Gasteiger charge is 2.43. The van der Waals surface area contributed by atoms with E-state index in [1.54, 1.807) is 7.11 Å². The Morgan fingerprint density at radius 1 is 1.38 bits per heavy atom. The van der Waals surface area contributed by atoms with Gasteiger partial charge in [-0.05, 0) is 43.0 Å². The molecule has 0 bridgehead atoms. The zero-order valence-corrected chi connectivity index (χ0v) is 13.2. The summed E-state index contributed by atoms with van der Waals surface area (Å²) in [6.07, 6.45) is 1.77. The Morgan fingerprint density at radius 2 is 2.10 bits per heavy atom. The van der Waals surface area contributed by atoms with Crippen LogP contribution in [0.15, 0.2) is 24.3 Å². The zero-order chi connectivity index (χ0) is 15.3. The Hall–Kier alpha value is -1.55. The van der Waals surface area contributed by atoms with Crippen molar-refractivity contribution in [2.45, 2.75) is 26.7 Å². The molecule has 1 saturated heterocycles. The molecule has 1 fully saturated rings. The number of ether oxygens (including phenoxy) is 1. The highest BCUT2D eigenvalue weighted by molar-refractivity contribution is 5.83. The largest absolute Gasteiger partial charge is 0.497 e. The SMILES string of the molecule is COc1ccc(CCNC(=O)C2(C(C)C)CCNC2)cc1. The minimum Gasteiger partial charge on any atom is -0.497 e. The van der Waals surface area contributed by atoms with Gasteiger partial charge in [0.15, 0.2) is 0 Å². The van der Waals surface area contributed by atoms with E-state index >= 15 is 0 Å². The van der Waals surface area contributed by atoms with Gasteiger partial charge in [-0.3, -0.25) is 4.79 Å². The van der Waals surface area contributed by atoms with E-state index in [4.69, 9.17) is 4.74 Å². The third kappa shape index (κ3) is 3.56. The van der Waals surface area contributed by atoms with E-state index in [1.807, 2.05) is 24.3 Å². The molecule has 0 aliphatic carbocycles. The lowest BCUT2D eigenvalue weighted by Crippen LogP contribution is -2.46. The van der Waals surface area contributed by atoms with Crippen LogP contribution in [0.4, 0.5) is 0 Å². The topological polar surface area (TPSA) is 50.4 Å². The predicted molar refractivity (Wildman–Crippen MR) is 84.5 cm³/mol. The molecular weight excluding hydrogens is 264 g/mol. The summed E-state index contributed by atoms with van der Waals surface area (Å²) in [6, 6.07) is 7.99. The second kappa shape index (κ2) is 6.94. The lowest BCUT2D eigenvalue weighted by Gasteiger charge is -2.31. The van der Waals surface area contributed by atoms with Crippen LogP contribution < -0.4 is 15.4 Å². The summed E-state index contributed by atoms with van der Waals surface area (Å²) in [4.78, 5) is 12.5. The van der Waals surface area contributed by atoms with E-state index in [-0.39, 0.29) is 11.3 Å². The second-order valence-electron chi connectivity index (χ2n) is 6.09. The Bertz CT molecular complexity index is 462. The molecule has 0 radical (unpaired) electrons. The van der Waals surface area contributed by atoms with Crippen molar-refractivity contribution in [3.05, 3.63) is 29.8 Å². The fraction of sp³-hybridized carbons (Fsp3) is 0.588. The van der Waals surface area contributed by atoms with Crippen LogP contribution in [0.2, 0.25) is 0 Å². The standard InChI is InChI=1S/C17H26N2O2/c1-13(2)17(9-11-18-12-17)16(20)19-10-8-14-4-6-15(21-3)7-5-14/h4-7,13,18H,8-12H2,1-3H3,(H,19,20). The first-order chi connectivity index (χ1) is 10.1. The van der Waals surface area contributed by atoms with Crippen molar-refractivity contribution in [1.82, 2.24) is 10.6 Å². The fourth-order valence-corrected chi connectivity index (χ4v) is 2.95. The van der Waals surface area contributed by atoms with E-state index in [0.29, 0.717) is 12.5 Å². The molecule has 2 rings (SSSR count). The molecule has 2 N–H and O–H groups in total. The first-order valence-electron chi connectivity index (χ1n) is 7.70. The van der Waals surface area contributed by atoms with Crippen LogP contribution in [-0.2, 0) is 11.2 Å². The van der Waals surface area contributed by atoms with Crippen molar-refractivity contribution in [1.29, 1.82) is 0 Å². The number of benzene rings is 1. The van der Waals surface area contributed by atoms with Gasteiger partial charge < -0.3 is 15.4 Å². The van der Waals surface area contributed by atoms with Crippen LogP contribution in [0.3, 0.4) is 0 Å². The minimum atomic E-state index is -0.236. The molecule has 0 saturated carbocycles. The number of carbonyl (C=O) groups is 1. The molecule has 1 unspecified atom stereocenters. The number of methoxy groups -OCH3 is 1. The van der Waals surface area contributed by atoms with Crippen LogP contribution in [0.5, 0.6) is 5.75 Å². The lowest BCUT2D eigenvalue weighted by atomic mass is 9.75. The number of hydrogen-bond donors (Lipinski definition) is 2. The molecule has 1 atom stereocenters. The van der Waals surface area contributed by atoms with Gasteiger partial charge in [0, 0.05) is 13.1 Å². The monoisotopic (exact) mass is 290 g/mol. The van der Waals surface area contributed by atoms with Crippen LogP contribution >= 0.6 is 0 Å². The molecule has 1 aliphatic rings. The summed E-state index contributed by atoms with van der Waals surface area (Å²) in [5.74, 6) is 1.41. The smallest absolute Gasteiger partial charge is 0.227 e. The van der Waals surface area contributed by atoms with Gasteiger partial charge in [0.1, 0.15) is 5.75 Å². The minimum absolute atomic E-state index is 0.191. The number of amides is 1. The van der Waals surface area contributed by atoms with Gasteiger partial charge in [-0.25, -0.2) is 0 Å². The first kappa shape index (κ1) is 15.8. The van der Waals surface area contributed by atoms with E-state index in [1.165, 1.54) is 5.56 Å². The molecule has 0 aromatic heterocycles. The summed E-state index contributed by atoms with van der Waals surface area (Å²) >= 11 is 0. The third-order valence-corrected chi connectivity index (χ3v) is 4.60. The van der Waals surface area contributed by atoms with Crippen molar-refractivity contribution < 1.29 is 9.53 Å². The van der Waals surface area contributed by atoms with Crippen molar-refractivity contribution in [2.24, 2.45) is 11.3 Å². The second-order valence-corrected chi connectivity index (χ2v) is 6.09. The normalized spacial score (nSPS) is 21.5. The van der Waals surface area contributed by atoms with E-state index in [0.717, 1.165) is 31.7 Å². The van der Waals surface area contributed by atoms with Gasteiger partial charge in [-0.2, -0.15) is 0 Å². The summed E-state index contributed by atoms with van der Waals surface area (Å²) in [5.41, 5.74) is 0.971. The molecule has 4 heteroatoms. The van der Waals surface area contributed by atoms with Gasteiger partial charge in [0.05, 0.1) is 12.5 Å². The Balaban J connectivity index is 1.85. The van der Waals surface area contributed by atoms with Crippen LogP contribution in [0.25, 0.3) is 0 Å². The fourth-order valence-electron chi connectivity index (χ4n) is 2.95. The lowest BCUT2D eigenvalue weighted by molar-refractivity contribution is -0.132. The van der Waals surface area contributed by atoms with Crippen LogP contribution in [0, 0.1) is 11.3 Å². The average molecular weight is 290 g/mol. The maximum atomic E-state index is 12.5. The van der Waals surface area contributed by atoms with E-state index in [2.05, 4.69) is 24.5 Å². The number of hydrogen-bond acceptors (Lipinski definition) is 3. The molecule has 1 heterocycles. The Labute approximate surface area is 127 Å². The first-order valence-corrected chi connectivity index (χ1v) is 7.70. The highest BCUT2D eigenvalue weighted by Crippen LogP contribution is 2.34. The van der Waals surface area contributed by atoms with E-state index in [9.17, 15) is 4.79 Å². The van der Waals surface area contributed by atoms with Gasteiger partial charge >= 0.3 is 0 Å². The molecule has 1 amide bonds. The average Bonchev–Trinajstić information content (AvgIpc) is 2.99. The Kier molecular flexibility index (Phi) is 5.23. The zero-order valence-electron chi connectivity index (χ0n) is 13.2. The third-order valence-electron chi connectivity index (χ3n) is 4.60. The maximum absolute atomic E-state index is 12.5. The van der Waals surface area contributed by atoms with Gasteiger partial charge in [-0.15, -0.1) is 0 Å². The summed E-state index contributed by atoms with van der Waals surface area (Å²) in [7, 11) is 1.66. The summed E-state index contributed by atoms with van der Waals surface area (Å²) in [6.45, 7) is 6.68. The number of carbonyl (C=O) groups excluding carboxylic acids is 1. The molecule has 116 valence electrons. The van der Waals surface area contributed by atoms with Gasteiger partial charge in [0.25, 0.3) is 0 Å². The maximum Gasteiger partial charge on any atom is 0.227 e. The Morgan fingerprint density at radius 3 is 2.62 bits per heavy atom. The molecular formula is C17H26N2O2. The van der Waals surface area contributed by atoms with Crippen molar-refractivity contribution >= 4 is 5.91 Å². The van der Waals surface area contributed by atoms with Crippen molar-refractivity contribution in [3.8, 4) is 5.75 Å². The highest BCUT2D eigenvalue weighted by atomic mass is 16.5. The van der Waals surface area contributed by atoms with Gasteiger partial charge in [-0.1, -0.05) is 26.0 Å². The molecule has 21 heavy (non-hydrogen) atoms. The van der Waals surface area contributed by atoms with Crippen molar-refractivity contribution in [3.63, 3.8) is 0 Å².